The fourth-order valence-corrected chi connectivity index (χ4v) is 5.18. The third-order valence-corrected chi connectivity index (χ3v) is 7.36. The summed E-state index contributed by atoms with van der Waals surface area (Å²) >= 11 is 0. The van der Waals surface area contributed by atoms with Crippen LogP contribution in [0.25, 0.3) is 16.8 Å². The lowest BCUT2D eigenvalue weighted by atomic mass is 10.0. The number of hydrogen-bond acceptors (Lipinski definition) is 5. The van der Waals surface area contributed by atoms with Gasteiger partial charge in [-0.25, -0.2) is 9.59 Å². The molecule has 1 aliphatic rings. The van der Waals surface area contributed by atoms with Crippen molar-refractivity contribution in [1.29, 1.82) is 0 Å². The summed E-state index contributed by atoms with van der Waals surface area (Å²) in [5.41, 5.74) is 1.33. The second kappa shape index (κ2) is 13.2. The van der Waals surface area contributed by atoms with E-state index in [1.165, 1.54) is 0 Å². The van der Waals surface area contributed by atoms with Gasteiger partial charge in [0.05, 0.1) is 5.56 Å². The van der Waals surface area contributed by atoms with E-state index >= 15 is 0 Å². The molecule has 7 nitrogen and oxygen atoms in total. The molecule has 41 heavy (non-hydrogen) atoms. The van der Waals surface area contributed by atoms with Crippen LogP contribution in [0, 0.1) is 0 Å². The average Bonchev–Trinajstić information content (AvgIpc) is 2.93. The normalized spacial score (nSPS) is 15.2. The topological polar surface area (TPSA) is 79.3 Å². The Morgan fingerprint density at radius 3 is 2.29 bits per heavy atom. The summed E-state index contributed by atoms with van der Waals surface area (Å²) in [7, 11) is 0. The molecule has 3 aromatic carbocycles. The highest BCUT2D eigenvalue weighted by molar-refractivity contribution is 5.88. The number of rotatable bonds is 9. The zero-order valence-corrected chi connectivity index (χ0v) is 24.8. The van der Waals surface area contributed by atoms with Gasteiger partial charge in [-0.15, -0.1) is 0 Å². The Hall–Kier alpha value is -3.84. The maximum atomic E-state index is 13.6. The minimum Gasteiger partial charge on any atom is -0.489 e. The van der Waals surface area contributed by atoms with Crippen LogP contribution in [0.5, 0.6) is 5.75 Å². The number of amides is 1. The SMILES string of the molecule is CC(C)N1CCC(N(C/C(=C/c2ccc(C(=O)O)cc2)COc2cccc3ccccc23)C(=O)OC(C)(C)C)CC1. The largest absolute Gasteiger partial charge is 0.489 e. The molecule has 7 heteroatoms. The van der Waals surface area contributed by atoms with Gasteiger partial charge < -0.3 is 24.4 Å². The van der Waals surface area contributed by atoms with Crippen molar-refractivity contribution in [1.82, 2.24) is 9.80 Å². The molecule has 1 saturated heterocycles. The fraction of sp³-hybridized carbons (Fsp3) is 0.412. The third-order valence-electron chi connectivity index (χ3n) is 7.36. The van der Waals surface area contributed by atoms with E-state index in [0.29, 0.717) is 12.6 Å². The molecule has 0 aliphatic carbocycles. The lowest BCUT2D eigenvalue weighted by Crippen LogP contribution is -2.50. The molecule has 0 unspecified atom stereocenters. The number of likely N-dealkylation sites (tertiary alicyclic amines) is 1. The molecule has 0 radical (unpaired) electrons. The summed E-state index contributed by atoms with van der Waals surface area (Å²) in [6, 6.07) is 21.3. The van der Waals surface area contributed by atoms with Gasteiger partial charge in [0.15, 0.2) is 0 Å². The molecule has 1 aliphatic heterocycles. The van der Waals surface area contributed by atoms with Gasteiger partial charge in [0.25, 0.3) is 0 Å². The summed E-state index contributed by atoms with van der Waals surface area (Å²) < 4.78 is 12.3. The van der Waals surface area contributed by atoms with Crippen molar-refractivity contribution >= 4 is 28.9 Å². The van der Waals surface area contributed by atoms with Gasteiger partial charge in [-0.1, -0.05) is 54.6 Å². The highest BCUT2D eigenvalue weighted by Gasteiger charge is 2.32. The van der Waals surface area contributed by atoms with Crippen LogP contribution in [0.3, 0.4) is 0 Å². The molecule has 1 heterocycles. The van der Waals surface area contributed by atoms with Gasteiger partial charge in [0, 0.05) is 37.1 Å². The van der Waals surface area contributed by atoms with Crippen molar-refractivity contribution in [2.24, 2.45) is 0 Å². The van der Waals surface area contributed by atoms with Crippen molar-refractivity contribution in [2.75, 3.05) is 26.2 Å². The molecule has 1 N–H and O–H groups in total. The first kappa shape index (κ1) is 30.1. The molecule has 0 atom stereocenters. The highest BCUT2D eigenvalue weighted by Crippen LogP contribution is 2.27. The van der Waals surface area contributed by atoms with E-state index in [-0.39, 0.29) is 24.3 Å². The van der Waals surface area contributed by atoms with Crippen molar-refractivity contribution in [3.05, 3.63) is 83.4 Å². The number of aromatic carboxylic acids is 1. The Bertz CT molecular complexity index is 1360. The van der Waals surface area contributed by atoms with Crippen molar-refractivity contribution in [3.8, 4) is 5.75 Å². The predicted molar refractivity (Wildman–Crippen MR) is 163 cm³/mol. The van der Waals surface area contributed by atoms with Gasteiger partial charge in [0.2, 0.25) is 0 Å². The number of hydrogen-bond donors (Lipinski definition) is 1. The monoisotopic (exact) mass is 558 g/mol. The second-order valence-corrected chi connectivity index (χ2v) is 12.0. The van der Waals surface area contributed by atoms with Crippen LogP contribution in [-0.4, -0.2) is 70.9 Å². The van der Waals surface area contributed by atoms with E-state index < -0.39 is 11.6 Å². The average molecular weight is 559 g/mol. The van der Waals surface area contributed by atoms with Crippen LogP contribution in [-0.2, 0) is 4.74 Å². The minimum absolute atomic E-state index is 0.0372. The summed E-state index contributed by atoms with van der Waals surface area (Å²) in [6.07, 6.45) is 3.37. The number of carbonyl (C=O) groups excluding carboxylic acids is 1. The first-order chi connectivity index (χ1) is 19.5. The molecule has 3 aromatic rings. The van der Waals surface area contributed by atoms with Crippen LogP contribution in [0.4, 0.5) is 4.79 Å². The van der Waals surface area contributed by atoms with E-state index in [9.17, 15) is 14.7 Å². The Kier molecular flexibility index (Phi) is 9.71. The molecule has 1 fully saturated rings. The maximum absolute atomic E-state index is 13.6. The van der Waals surface area contributed by atoms with E-state index in [1.54, 1.807) is 24.3 Å². The van der Waals surface area contributed by atoms with Crippen molar-refractivity contribution in [3.63, 3.8) is 0 Å². The Morgan fingerprint density at radius 1 is 1.00 bits per heavy atom. The summed E-state index contributed by atoms with van der Waals surface area (Å²) in [5.74, 6) is -0.201. The first-order valence-electron chi connectivity index (χ1n) is 14.4. The van der Waals surface area contributed by atoms with E-state index in [4.69, 9.17) is 9.47 Å². The quantitative estimate of drug-likeness (QED) is 0.302. The Labute approximate surface area is 243 Å². The number of nitrogens with zero attached hydrogens (tertiary/aromatic N) is 2. The molecule has 0 saturated carbocycles. The Balaban J connectivity index is 1.64. The number of carboxylic acids is 1. The molecule has 4 rings (SSSR count). The van der Waals surface area contributed by atoms with E-state index in [2.05, 4.69) is 30.9 Å². The molecular formula is C34H42N2O5. The molecule has 1 amide bonds. The van der Waals surface area contributed by atoms with Gasteiger partial charge >= 0.3 is 12.1 Å². The number of fused-ring (bicyclic) bond motifs is 1. The zero-order valence-electron chi connectivity index (χ0n) is 24.8. The lowest BCUT2D eigenvalue weighted by Gasteiger charge is -2.40. The number of carbonyl (C=O) groups is 2. The minimum atomic E-state index is -0.969. The number of ether oxygens (including phenoxy) is 2. The van der Waals surface area contributed by atoms with Crippen LogP contribution < -0.4 is 4.74 Å². The summed E-state index contributed by atoms with van der Waals surface area (Å²) in [6.45, 7) is 12.5. The Morgan fingerprint density at radius 2 is 1.66 bits per heavy atom. The molecule has 0 aromatic heterocycles. The molecule has 218 valence electrons. The third kappa shape index (κ3) is 8.33. The molecular weight excluding hydrogens is 516 g/mol. The first-order valence-corrected chi connectivity index (χ1v) is 14.4. The van der Waals surface area contributed by atoms with Crippen LogP contribution in [0.15, 0.2) is 72.3 Å². The van der Waals surface area contributed by atoms with Crippen molar-refractivity contribution in [2.45, 2.75) is 65.1 Å². The number of piperidine rings is 1. The molecule has 0 spiro atoms. The summed E-state index contributed by atoms with van der Waals surface area (Å²) in [5, 5.41) is 11.4. The van der Waals surface area contributed by atoms with E-state index in [1.807, 2.05) is 62.1 Å². The van der Waals surface area contributed by atoms with Crippen LogP contribution in [0.1, 0.15) is 63.4 Å². The van der Waals surface area contributed by atoms with Crippen molar-refractivity contribution < 1.29 is 24.2 Å². The highest BCUT2D eigenvalue weighted by atomic mass is 16.6. The molecule has 0 bridgehead atoms. The van der Waals surface area contributed by atoms with Gasteiger partial charge in [-0.2, -0.15) is 0 Å². The number of benzene rings is 3. The van der Waals surface area contributed by atoms with Crippen LogP contribution in [0.2, 0.25) is 0 Å². The van der Waals surface area contributed by atoms with Gasteiger partial charge in [-0.3, -0.25) is 0 Å². The fourth-order valence-electron chi connectivity index (χ4n) is 5.18. The maximum Gasteiger partial charge on any atom is 0.410 e. The van der Waals surface area contributed by atoms with Gasteiger partial charge in [0.1, 0.15) is 18.0 Å². The zero-order chi connectivity index (χ0) is 29.6. The second-order valence-electron chi connectivity index (χ2n) is 12.0. The van der Waals surface area contributed by atoms with Crippen LogP contribution >= 0.6 is 0 Å². The van der Waals surface area contributed by atoms with E-state index in [0.717, 1.165) is 53.6 Å². The predicted octanol–water partition coefficient (Wildman–Crippen LogP) is 7.11. The number of carboxylic acid groups (broad SMARTS) is 1. The van der Waals surface area contributed by atoms with Gasteiger partial charge in [-0.05, 0) is 82.2 Å². The standard InChI is InChI=1S/C34H42N2O5/c1-24(2)35-19-17-29(18-20-35)36(33(39)41-34(3,4)5)22-26(21-25-13-15-28(16-14-25)32(37)38)23-40-31-12-8-10-27-9-6-7-11-30(27)31/h6-16,21,24,29H,17-20,22-23H2,1-5H3,(H,37,38)/b26-21-. The smallest absolute Gasteiger partial charge is 0.410 e. The summed E-state index contributed by atoms with van der Waals surface area (Å²) in [4.78, 5) is 29.3. The lowest BCUT2D eigenvalue weighted by molar-refractivity contribution is 0.00882.